The molecule has 1 saturated heterocycles. The van der Waals surface area contributed by atoms with Gasteiger partial charge in [-0.2, -0.15) is 5.26 Å². The predicted octanol–water partition coefficient (Wildman–Crippen LogP) is 4.40. The van der Waals surface area contributed by atoms with E-state index in [9.17, 15) is 14.9 Å². The lowest BCUT2D eigenvalue weighted by Gasteiger charge is -2.39. The first-order chi connectivity index (χ1) is 17.5. The molecule has 3 aromatic rings. The van der Waals surface area contributed by atoms with E-state index in [0.29, 0.717) is 37.6 Å². The van der Waals surface area contributed by atoms with Gasteiger partial charge in [0.1, 0.15) is 11.6 Å². The second-order valence-electron chi connectivity index (χ2n) is 8.62. The number of anilines is 2. The summed E-state index contributed by atoms with van der Waals surface area (Å²) in [6, 6.07) is 30.0. The van der Waals surface area contributed by atoms with Crippen LogP contribution in [-0.4, -0.2) is 47.8 Å². The van der Waals surface area contributed by atoms with Crippen molar-refractivity contribution in [1.29, 1.82) is 5.26 Å². The van der Waals surface area contributed by atoms with Crippen molar-refractivity contribution in [1.82, 2.24) is 9.80 Å². The number of hydrogen-bond donors (Lipinski definition) is 2. The molecule has 0 aromatic heterocycles. The molecule has 0 atom stereocenters. The van der Waals surface area contributed by atoms with Gasteiger partial charge in [0.15, 0.2) is 0 Å². The number of nitrogens with one attached hydrogen (secondary N) is 2. The van der Waals surface area contributed by atoms with E-state index in [2.05, 4.69) is 64.1 Å². The summed E-state index contributed by atoms with van der Waals surface area (Å²) in [6.07, 6.45) is 1.44. The fourth-order valence-electron chi connectivity index (χ4n) is 4.39. The van der Waals surface area contributed by atoms with E-state index in [4.69, 9.17) is 0 Å². The van der Waals surface area contributed by atoms with Crippen molar-refractivity contribution >= 4 is 23.2 Å². The number of nitriles is 1. The highest BCUT2D eigenvalue weighted by atomic mass is 16.2. The van der Waals surface area contributed by atoms with Gasteiger partial charge in [-0.05, 0) is 35.4 Å². The molecule has 1 heterocycles. The Morgan fingerprint density at radius 1 is 0.833 bits per heavy atom. The standard InChI is InChI=1S/C29H29N5O2/c1-22(35)32-27-14-12-26(13-15-27)31-21-25(20-30)29(36)34-18-16-33(17-19-34)28(23-8-4-2-5-9-23)24-10-6-3-7-11-24/h2-15,21,28,31H,16-19H2,1H3,(H,32,35)/b25-21-. The summed E-state index contributed by atoms with van der Waals surface area (Å²) in [4.78, 5) is 28.4. The molecule has 1 aliphatic heterocycles. The third-order valence-corrected chi connectivity index (χ3v) is 6.14. The van der Waals surface area contributed by atoms with Gasteiger partial charge < -0.3 is 15.5 Å². The summed E-state index contributed by atoms with van der Waals surface area (Å²) in [5.74, 6) is -0.428. The fraction of sp³-hybridized carbons (Fsp3) is 0.207. The Morgan fingerprint density at radius 3 is 1.86 bits per heavy atom. The summed E-state index contributed by atoms with van der Waals surface area (Å²) in [6.45, 7) is 3.94. The number of nitrogens with zero attached hydrogens (tertiary/aromatic N) is 3. The van der Waals surface area contributed by atoms with Gasteiger partial charge in [-0.1, -0.05) is 60.7 Å². The van der Waals surface area contributed by atoms with Crippen LogP contribution in [0.5, 0.6) is 0 Å². The van der Waals surface area contributed by atoms with E-state index in [1.54, 1.807) is 29.2 Å². The molecule has 0 saturated carbocycles. The molecule has 4 rings (SSSR count). The van der Waals surface area contributed by atoms with Crippen LogP contribution in [0.2, 0.25) is 0 Å². The predicted molar refractivity (Wildman–Crippen MR) is 141 cm³/mol. The Hall–Kier alpha value is -4.41. The summed E-state index contributed by atoms with van der Waals surface area (Å²) >= 11 is 0. The van der Waals surface area contributed by atoms with E-state index in [1.165, 1.54) is 24.3 Å². The Balaban J connectivity index is 1.40. The molecule has 2 amide bonds. The van der Waals surface area contributed by atoms with Crippen molar-refractivity contribution < 1.29 is 9.59 Å². The molecule has 7 nitrogen and oxygen atoms in total. The molecular formula is C29H29N5O2. The number of hydrogen-bond acceptors (Lipinski definition) is 5. The maximum Gasteiger partial charge on any atom is 0.266 e. The van der Waals surface area contributed by atoms with Crippen LogP contribution in [0.4, 0.5) is 11.4 Å². The minimum atomic E-state index is -0.282. The highest BCUT2D eigenvalue weighted by Gasteiger charge is 2.29. The fourth-order valence-corrected chi connectivity index (χ4v) is 4.39. The zero-order valence-electron chi connectivity index (χ0n) is 20.2. The van der Waals surface area contributed by atoms with Crippen LogP contribution in [0.3, 0.4) is 0 Å². The molecular weight excluding hydrogens is 450 g/mol. The maximum atomic E-state index is 13.1. The highest BCUT2D eigenvalue weighted by molar-refractivity contribution is 5.97. The quantitative estimate of drug-likeness (QED) is 0.387. The Morgan fingerprint density at radius 2 is 1.36 bits per heavy atom. The molecule has 182 valence electrons. The summed E-state index contributed by atoms with van der Waals surface area (Å²) in [7, 11) is 0. The van der Waals surface area contributed by atoms with Crippen molar-refractivity contribution in [3.63, 3.8) is 0 Å². The number of carbonyl (C=O) groups excluding carboxylic acids is 2. The summed E-state index contributed by atoms with van der Waals surface area (Å²) < 4.78 is 0. The molecule has 36 heavy (non-hydrogen) atoms. The molecule has 0 radical (unpaired) electrons. The molecule has 3 aromatic carbocycles. The number of carbonyl (C=O) groups is 2. The van der Waals surface area contributed by atoms with Crippen LogP contribution in [0.25, 0.3) is 0 Å². The van der Waals surface area contributed by atoms with Crippen molar-refractivity contribution in [2.75, 3.05) is 36.8 Å². The topological polar surface area (TPSA) is 88.5 Å². The van der Waals surface area contributed by atoms with E-state index in [0.717, 1.165) is 0 Å². The Kier molecular flexibility index (Phi) is 8.12. The first-order valence-corrected chi connectivity index (χ1v) is 11.9. The van der Waals surface area contributed by atoms with Crippen LogP contribution >= 0.6 is 0 Å². The van der Waals surface area contributed by atoms with Crippen molar-refractivity contribution in [2.45, 2.75) is 13.0 Å². The molecule has 0 unspecified atom stereocenters. The third-order valence-electron chi connectivity index (χ3n) is 6.14. The van der Waals surface area contributed by atoms with Gasteiger partial charge in [-0.3, -0.25) is 14.5 Å². The molecule has 1 fully saturated rings. The molecule has 7 heteroatoms. The largest absolute Gasteiger partial charge is 0.360 e. The Labute approximate surface area is 211 Å². The molecule has 1 aliphatic rings. The maximum absolute atomic E-state index is 13.1. The third kappa shape index (κ3) is 6.17. The lowest BCUT2D eigenvalue weighted by atomic mass is 9.96. The molecule has 0 bridgehead atoms. The van der Waals surface area contributed by atoms with Gasteiger partial charge in [0.25, 0.3) is 5.91 Å². The van der Waals surface area contributed by atoms with E-state index in [-0.39, 0.29) is 23.4 Å². The van der Waals surface area contributed by atoms with Crippen LogP contribution in [0, 0.1) is 11.3 Å². The number of rotatable bonds is 7. The van der Waals surface area contributed by atoms with Crippen molar-refractivity contribution in [3.8, 4) is 6.07 Å². The van der Waals surface area contributed by atoms with Crippen molar-refractivity contribution in [2.24, 2.45) is 0 Å². The van der Waals surface area contributed by atoms with E-state index in [1.807, 2.05) is 18.2 Å². The summed E-state index contributed by atoms with van der Waals surface area (Å²) in [5, 5.41) is 15.3. The minimum absolute atomic E-state index is 0.0528. The number of benzene rings is 3. The normalized spacial score (nSPS) is 14.2. The Bertz CT molecular complexity index is 1200. The van der Waals surface area contributed by atoms with Gasteiger partial charge in [0.2, 0.25) is 5.91 Å². The van der Waals surface area contributed by atoms with Crippen LogP contribution < -0.4 is 10.6 Å². The smallest absolute Gasteiger partial charge is 0.266 e. The second kappa shape index (κ2) is 11.8. The van der Waals surface area contributed by atoms with Crippen LogP contribution in [-0.2, 0) is 9.59 Å². The summed E-state index contributed by atoms with van der Waals surface area (Å²) in [5.41, 5.74) is 3.88. The minimum Gasteiger partial charge on any atom is -0.360 e. The number of amides is 2. The average Bonchev–Trinajstić information content (AvgIpc) is 2.91. The molecule has 0 aliphatic carbocycles. The van der Waals surface area contributed by atoms with Gasteiger partial charge >= 0.3 is 0 Å². The van der Waals surface area contributed by atoms with Crippen LogP contribution in [0.1, 0.15) is 24.1 Å². The van der Waals surface area contributed by atoms with Gasteiger partial charge in [0, 0.05) is 50.7 Å². The van der Waals surface area contributed by atoms with Crippen molar-refractivity contribution in [3.05, 3.63) is 108 Å². The molecule has 2 N–H and O–H groups in total. The van der Waals surface area contributed by atoms with Crippen LogP contribution in [0.15, 0.2) is 96.7 Å². The first-order valence-electron chi connectivity index (χ1n) is 11.9. The van der Waals surface area contributed by atoms with Gasteiger partial charge in [-0.25, -0.2) is 0 Å². The van der Waals surface area contributed by atoms with E-state index < -0.39 is 0 Å². The lowest BCUT2D eigenvalue weighted by molar-refractivity contribution is -0.128. The zero-order valence-corrected chi connectivity index (χ0v) is 20.2. The zero-order chi connectivity index (χ0) is 25.3. The highest BCUT2D eigenvalue weighted by Crippen LogP contribution is 2.29. The van der Waals surface area contributed by atoms with Gasteiger partial charge in [0.05, 0.1) is 6.04 Å². The first kappa shape index (κ1) is 24.7. The van der Waals surface area contributed by atoms with Gasteiger partial charge in [-0.15, -0.1) is 0 Å². The lowest BCUT2D eigenvalue weighted by Crippen LogP contribution is -2.50. The second-order valence-corrected chi connectivity index (χ2v) is 8.62. The number of piperazine rings is 1. The molecule has 0 spiro atoms. The van der Waals surface area contributed by atoms with E-state index >= 15 is 0 Å². The monoisotopic (exact) mass is 479 g/mol. The average molecular weight is 480 g/mol. The SMILES string of the molecule is CC(=O)Nc1ccc(N/C=C(/C#N)C(=O)N2CCN(C(c3ccccc3)c3ccccc3)CC2)cc1.